The maximum Gasteiger partial charge on any atom is 0.273 e. The van der Waals surface area contributed by atoms with E-state index >= 15 is 0 Å². The van der Waals surface area contributed by atoms with Crippen molar-refractivity contribution < 1.29 is 24.1 Å². The first-order valence-electron chi connectivity index (χ1n) is 8.84. The normalized spacial score (nSPS) is 21.6. The second-order valence-corrected chi connectivity index (χ2v) is 7.76. The Morgan fingerprint density at radius 1 is 1.12 bits per heavy atom. The minimum absolute atomic E-state index is 0.424. The van der Waals surface area contributed by atoms with Gasteiger partial charge in [0.15, 0.2) is 5.79 Å². The maximum absolute atomic E-state index is 10.7. The molecule has 0 atom stereocenters. The molecule has 0 spiro atoms. The van der Waals surface area contributed by atoms with Crippen LogP contribution in [0.5, 0.6) is 5.19 Å². The summed E-state index contributed by atoms with van der Waals surface area (Å²) in [7, 11) is 0. The highest BCUT2D eigenvalue weighted by molar-refractivity contribution is 7.13. The van der Waals surface area contributed by atoms with Gasteiger partial charge in [0.1, 0.15) is 12.2 Å². The Hall–Kier alpha value is -1.51. The molecule has 7 heteroatoms. The van der Waals surface area contributed by atoms with Gasteiger partial charge >= 0.3 is 0 Å². The molecular formula is C19H23NO5S. The van der Waals surface area contributed by atoms with Gasteiger partial charge in [-0.1, -0.05) is 35.6 Å². The van der Waals surface area contributed by atoms with Crippen molar-refractivity contribution in [2.45, 2.75) is 37.8 Å². The predicted octanol–water partition coefficient (Wildman–Crippen LogP) is 2.94. The minimum atomic E-state index is -0.837. The van der Waals surface area contributed by atoms with Crippen LogP contribution < -0.4 is 4.74 Å². The van der Waals surface area contributed by atoms with Gasteiger partial charge in [0.2, 0.25) is 0 Å². The molecular weight excluding hydrogens is 354 g/mol. The van der Waals surface area contributed by atoms with Crippen LogP contribution in [0.4, 0.5) is 0 Å². The molecule has 0 radical (unpaired) electrons. The first-order chi connectivity index (χ1) is 12.6. The number of aromatic nitrogens is 1. The van der Waals surface area contributed by atoms with Crippen LogP contribution in [0, 0.1) is 0 Å². The van der Waals surface area contributed by atoms with E-state index in [0.717, 1.165) is 16.0 Å². The lowest BCUT2D eigenvalue weighted by Crippen LogP contribution is -2.32. The largest absolute Gasteiger partial charge is 0.465 e. The van der Waals surface area contributed by atoms with Crippen molar-refractivity contribution in [3.05, 3.63) is 46.5 Å². The van der Waals surface area contributed by atoms with E-state index in [4.69, 9.17) is 18.9 Å². The molecule has 0 saturated carbocycles. The number of rotatable bonds is 5. The van der Waals surface area contributed by atoms with Gasteiger partial charge < -0.3 is 24.1 Å². The van der Waals surface area contributed by atoms with Crippen molar-refractivity contribution in [1.82, 2.24) is 4.98 Å². The molecule has 2 fully saturated rings. The van der Waals surface area contributed by atoms with Gasteiger partial charge in [0.05, 0.1) is 18.1 Å². The summed E-state index contributed by atoms with van der Waals surface area (Å²) >= 11 is 1.40. The molecule has 1 aromatic carbocycles. The highest BCUT2D eigenvalue weighted by atomic mass is 32.1. The fraction of sp³-hybridized carbons (Fsp3) is 0.526. The summed E-state index contributed by atoms with van der Waals surface area (Å²) in [5, 5.41) is 11.3. The molecule has 3 heterocycles. The van der Waals surface area contributed by atoms with E-state index in [1.807, 2.05) is 31.2 Å². The Kier molecular flexibility index (Phi) is 4.98. The van der Waals surface area contributed by atoms with Crippen molar-refractivity contribution >= 4 is 11.3 Å². The van der Waals surface area contributed by atoms with E-state index < -0.39 is 11.4 Å². The summed E-state index contributed by atoms with van der Waals surface area (Å²) in [5.74, 6) is -0.650. The second kappa shape index (κ2) is 7.25. The van der Waals surface area contributed by atoms with Gasteiger partial charge in [-0.25, -0.2) is 4.98 Å². The molecule has 0 unspecified atom stereocenters. The SMILES string of the molecule is CC1(c2ccc(COc3ncc(C4(O)CCOCC4)s3)cc2)OCCO1. The Morgan fingerprint density at radius 2 is 1.81 bits per heavy atom. The molecule has 2 saturated heterocycles. The van der Waals surface area contributed by atoms with Gasteiger partial charge in [0, 0.05) is 37.8 Å². The number of thiazole rings is 1. The Labute approximate surface area is 156 Å². The van der Waals surface area contributed by atoms with Gasteiger partial charge in [-0.05, 0) is 12.5 Å². The summed E-state index contributed by atoms with van der Waals surface area (Å²) in [5.41, 5.74) is 1.20. The second-order valence-electron chi connectivity index (χ2n) is 6.76. The number of ether oxygens (including phenoxy) is 4. The third kappa shape index (κ3) is 3.63. The summed E-state index contributed by atoms with van der Waals surface area (Å²) in [6.07, 6.45) is 2.90. The van der Waals surface area contributed by atoms with Crippen LogP contribution in [-0.4, -0.2) is 36.5 Å². The van der Waals surface area contributed by atoms with E-state index in [9.17, 15) is 5.11 Å². The molecule has 2 aliphatic rings. The van der Waals surface area contributed by atoms with Crippen LogP contribution in [0.15, 0.2) is 30.5 Å². The molecule has 2 aromatic rings. The first-order valence-corrected chi connectivity index (χ1v) is 9.66. The average Bonchev–Trinajstić information content (AvgIpc) is 3.31. The summed E-state index contributed by atoms with van der Waals surface area (Å²) in [6, 6.07) is 8.02. The number of aliphatic hydroxyl groups is 1. The lowest BCUT2D eigenvalue weighted by atomic mass is 9.93. The van der Waals surface area contributed by atoms with Gasteiger partial charge in [-0.2, -0.15) is 0 Å². The molecule has 0 amide bonds. The Balaban J connectivity index is 1.37. The first kappa shape index (κ1) is 17.9. The van der Waals surface area contributed by atoms with E-state index in [1.165, 1.54) is 11.3 Å². The van der Waals surface area contributed by atoms with Crippen LogP contribution >= 0.6 is 11.3 Å². The van der Waals surface area contributed by atoms with Crippen molar-refractivity contribution in [3.63, 3.8) is 0 Å². The number of hydrogen-bond donors (Lipinski definition) is 1. The van der Waals surface area contributed by atoms with Crippen LogP contribution in [0.3, 0.4) is 0 Å². The number of nitrogens with zero attached hydrogens (tertiary/aromatic N) is 1. The zero-order valence-electron chi connectivity index (χ0n) is 14.8. The quantitative estimate of drug-likeness (QED) is 0.864. The van der Waals surface area contributed by atoms with Crippen LogP contribution in [0.2, 0.25) is 0 Å². The highest BCUT2D eigenvalue weighted by Gasteiger charge is 2.34. The van der Waals surface area contributed by atoms with Crippen LogP contribution in [0.25, 0.3) is 0 Å². The van der Waals surface area contributed by atoms with Crippen molar-refractivity contribution in [3.8, 4) is 5.19 Å². The average molecular weight is 377 g/mol. The molecule has 4 rings (SSSR count). The van der Waals surface area contributed by atoms with Crippen LogP contribution in [-0.2, 0) is 32.2 Å². The smallest absolute Gasteiger partial charge is 0.273 e. The van der Waals surface area contributed by atoms with Crippen molar-refractivity contribution in [1.29, 1.82) is 0 Å². The molecule has 6 nitrogen and oxygen atoms in total. The fourth-order valence-electron chi connectivity index (χ4n) is 3.23. The third-order valence-corrected chi connectivity index (χ3v) is 6.05. The zero-order valence-corrected chi connectivity index (χ0v) is 15.6. The Bertz CT molecular complexity index is 733. The van der Waals surface area contributed by atoms with Gasteiger partial charge in [-0.3, -0.25) is 0 Å². The van der Waals surface area contributed by atoms with E-state index in [1.54, 1.807) is 6.20 Å². The third-order valence-electron chi connectivity index (χ3n) is 4.94. The van der Waals surface area contributed by atoms with Crippen LogP contribution in [0.1, 0.15) is 35.8 Å². The monoisotopic (exact) mass is 377 g/mol. The molecule has 2 aliphatic heterocycles. The molecule has 140 valence electrons. The molecule has 26 heavy (non-hydrogen) atoms. The van der Waals surface area contributed by atoms with E-state index in [2.05, 4.69) is 4.98 Å². The lowest BCUT2D eigenvalue weighted by Gasteiger charge is -2.30. The number of hydrogen-bond acceptors (Lipinski definition) is 7. The van der Waals surface area contributed by atoms with E-state index in [-0.39, 0.29) is 0 Å². The predicted molar refractivity (Wildman–Crippen MR) is 96.1 cm³/mol. The summed E-state index contributed by atoms with van der Waals surface area (Å²) in [6.45, 7) is 4.74. The molecule has 0 aliphatic carbocycles. The summed E-state index contributed by atoms with van der Waals surface area (Å²) in [4.78, 5) is 5.14. The topological polar surface area (TPSA) is 70.0 Å². The van der Waals surface area contributed by atoms with Gasteiger partial charge in [0.25, 0.3) is 5.19 Å². The zero-order chi connectivity index (χ0) is 18.0. The van der Waals surface area contributed by atoms with Crippen molar-refractivity contribution in [2.75, 3.05) is 26.4 Å². The highest BCUT2D eigenvalue weighted by Crippen LogP contribution is 2.37. The summed E-state index contributed by atoms with van der Waals surface area (Å²) < 4.78 is 22.5. The fourth-order valence-corrected chi connectivity index (χ4v) is 4.14. The standard InChI is InChI=1S/C19H23NO5S/c1-18(24-10-11-25-18)15-4-2-14(3-5-15)13-23-17-20-12-16(26-17)19(21)6-8-22-9-7-19/h2-5,12,21H,6-11,13H2,1H3. The Morgan fingerprint density at radius 3 is 2.50 bits per heavy atom. The van der Waals surface area contributed by atoms with Crippen molar-refractivity contribution in [2.24, 2.45) is 0 Å². The van der Waals surface area contributed by atoms with E-state index in [0.29, 0.717) is 51.1 Å². The molecule has 1 N–H and O–H groups in total. The lowest BCUT2D eigenvalue weighted by molar-refractivity contribution is -0.149. The molecule has 1 aromatic heterocycles. The minimum Gasteiger partial charge on any atom is -0.465 e. The maximum atomic E-state index is 10.7. The molecule has 0 bridgehead atoms. The van der Waals surface area contributed by atoms with Gasteiger partial charge in [-0.15, -0.1) is 0 Å². The number of benzene rings is 1.